The molecule has 1 aromatic carbocycles. The second-order valence-corrected chi connectivity index (χ2v) is 8.31. The number of oxazole rings is 1. The molecule has 1 aliphatic carbocycles. The van der Waals surface area contributed by atoms with E-state index in [1.807, 2.05) is 0 Å². The van der Waals surface area contributed by atoms with Gasteiger partial charge >= 0.3 is 5.97 Å². The number of para-hydroxylation sites is 1. The van der Waals surface area contributed by atoms with Crippen molar-refractivity contribution in [3.05, 3.63) is 46.2 Å². The van der Waals surface area contributed by atoms with Crippen LogP contribution in [-0.4, -0.2) is 23.0 Å². The minimum absolute atomic E-state index is 0.231. The molecule has 0 spiro atoms. The summed E-state index contributed by atoms with van der Waals surface area (Å²) in [4.78, 5) is 30.3. The van der Waals surface area contributed by atoms with Gasteiger partial charge in [0.2, 0.25) is 0 Å². The second-order valence-electron chi connectivity index (χ2n) is 7.21. The fraction of sp³-hybridized carbons (Fsp3) is 0.333. The summed E-state index contributed by atoms with van der Waals surface area (Å²) < 4.78 is 10.5. The van der Waals surface area contributed by atoms with E-state index < -0.39 is 18.0 Å². The third-order valence-electron chi connectivity index (χ3n) is 5.09. The first-order valence-corrected chi connectivity index (χ1v) is 10.2. The number of anilines is 1. The maximum absolute atomic E-state index is 12.6. The van der Waals surface area contributed by atoms with Crippen LogP contribution in [0, 0.1) is 17.2 Å². The van der Waals surface area contributed by atoms with Crippen molar-refractivity contribution >= 4 is 39.3 Å². The Hall–Kier alpha value is -3.18. The lowest BCUT2D eigenvalue weighted by molar-refractivity contribution is -0.123. The van der Waals surface area contributed by atoms with Gasteiger partial charge in [0.1, 0.15) is 16.6 Å². The Bertz CT molecular complexity index is 1140. The molecule has 29 heavy (non-hydrogen) atoms. The lowest BCUT2D eigenvalue weighted by atomic mass is 9.88. The van der Waals surface area contributed by atoms with E-state index in [1.165, 1.54) is 24.7 Å². The molecule has 0 saturated carbocycles. The molecule has 2 unspecified atom stereocenters. The van der Waals surface area contributed by atoms with Gasteiger partial charge in [-0.15, -0.1) is 11.3 Å². The van der Waals surface area contributed by atoms with Crippen LogP contribution in [0.4, 0.5) is 5.00 Å². The number of nitriles is 1. The number of aromatic nitrogens is 1. The summed E-state index contributed by atoms with van der Waals surface area (Å²) in [7, 11) is 0. The number of fused-ring (bicyclic) bond motifs is 2. The van der Waals surface area contributed by atoms with Crippen LogP contribution < -0.4 is 5.32 Å². The Balaban J connectivity index is 1.49. The molecule has 7 nitrogen and oxygen atoms in total. The highest BCUT2D eigenvalue weighted by molar-refractivity contribution is 7.16. The van der Waals surface area contributed by atoms with E-state index in [1.54, 1.807) is 18.2 Å². The van der Waals surface area contributed by atoms with E-state index in [2.05, 4.69) is 23.3 Å². The van der Waals surface area contributed by atoms with E-state index >= 15 is 0 Å². The topological polar surface area (TPSA) is 105 Å². The number of hydrogen-bond donors (Lipinski definition) is 1. The summed E-state index contributed by atoms with van der Waals surface area (Å²) >= 11 is 1.44. The zero-order chi connectivity index (χ0) is 20.5. The number of carbonyl (C=O) groups is 2. The van der Waals surface area contributed by atoms with Crippen molar-refractivity contribution < 1.29 is 18.7 Å². The molecule has 2 atom stereocenters. The highest BCUT2D eigenvalue weighted by Crippen LogP contribution is 2.39. The average molecular weight is 409 g/mol. The van der Waals surface area contributed by atoms with Crippen LogP contribution in [-0.2, 0) is 22.4 Å². The number of rotatable bonds is 4. The van der Waals surface area contributed by atoms with Gasteiger partial charge < -0.3 is 14.5 Å². The molecule has 148 valence electrons. The van der Waals surface area contributed by atoms with Crippen molar-refractivity contribution in [2.75, 3.05) is 5.32 Å². The van der Waals surface area contributed by atoms with E-state index in [-0.39, 0.29) is 5.56 Å². The van der Waals surface area contributed by atoms with Gasteiger partial charge in [0.15, 0.2) is 18.1 Å². The Morgan fingerprint density at radius 3 is 3.07 bits per heavy atom. The number of hydrogen-bond acceptors (Lipinski definition) is 7. The second kappa shape index (κ2) is 7.68. The molecule has 1 N–H and O–H groups in total. The van der Waals surface area contributed by atoms with E-state index in [4.69, 9.17) is 9.15 Å². The Labute approximate surface area is 171 Å². The molecule has 0 fully saturated rings. The maximum atomic E-state index is 12.6. The SMILES string of the molecule is CC1CCc2c(sc(NC(=O)C(C)OC(=O)c3cccc4ocnc34)c2C#N)C1. The van der Waals surface area contributed by atoms with Crippen molar-refractivity contribution in [2.45, 2.75) is 39.2 Å². The molecule has 0 bridgehead atoms. The van der Waals surface area contributed by atoms with Gasteiger partial charge in [0, 0.05) is 4.88 Å². The van der Waals surface area contributed by atoms with Gasteiger partial charge in [-0.25, -0.2) is 9.78 Å². The largest absolute Gasteiger partial charge is 0.449 e. The molecule has 1 aliphatic rings. The summed E-state index contributed by atoms with van der Waals surface area (Å²) in [6, 6.07) is 7.14. The molecule has 2 heterocycles. The van der Waals surface area contributed by atoms with Crippen LogP contribution in [0.15, 0.2) is 29.0 Å². The first-order valence-electron chi connectivity index (χ1n) is 9.36. The van der Waals surface area contributed by atoms with Crippen LogP contribution in [0.2, 0.25) is 0 Å². The van der Waals surface area contributed by atoms with Crippen molar-refractivity contribution in [3.8, 4) is 6.07 Å². The predicted molar refractivity (Wildman–Crippen MR) is 108 cm³/mol. The number of thiophene rings is 1. The molecule has 0 saturated heterocycles. The van der Waals surface area contributed by atoms with Crippen LogP contribution in [0.3, 0.4) is 0 Å². The van der Waals surface area contributed by atoms with Crippen molar-refractivity contribution in [3.63, 3.8) is 0 Å². The molecule has 3 aromatic rings. The third kappa shape index (κ3) is 3.61. The van der Waals surface area contributed by atoms with Crippen molar-refractivity contribution in [2.24, 2.45) is 5.92 Å². The maximum Gasteiger partial charge on any atom is 0.341 e. The highest BCUT2D eigenvalue weighted by Gasteiger charge is 2.27. The summed E-state index contributed by atoms with van der Waals surface area (Å²) in [5.74, 6) is -0.573. The minimum atomic E-state index is -1.03. The first-order chi connectivity index (χ1) is 14.0. The number of carbonyl (C=O) groups excluding carboxylic acids is 2. The number of nitrogens with one attached hydrogen (secondary N) is 1. The lowest BCUT2D eigenvalue weighted by Crippen LogP contribution is -2.30. The predicted octanol–water partition coefficient (Wildman–Crippen LogP) is 4.07. The smallest absolute Gasteiger partial charge is 0.341 e. The molecule has 0 aliphatic heterocycles. The van der Waals surface area contributed by atoms with E-state index in [0.29, 0.717) is 27.6 Å². The monoisotopic (exact) mass is 409 g/mol. The quantitative estimate of drug-likeness (QED) is 0.651. The number of nitrogens with zero attached hydrogens (tertiary/aromatic N) is 2. The molecule has 8 heteroatoms. The Morgan fingerprint density at radius 1 is 1.45 bits per heavy atom. The number of benzene rings is 1. The molecular formula is C21H19N3O4S. The van der Waals surface area contributed by atoms with Crippen LogP contribution >= 0.6 is 11.3 Å². The molecular weight excluding hydrogens is 390 g/mol. The highest BCUT2D eigenvalue weighted by atomic mass is 32.1. The summed E-state index contributed by atoms with van der Waals surface area (Å²) in [6.07, 6.45) is 3.01. The van der Waals surface area contributed by atoms with Gasteiger partial charge in [-0.3, -0.25) is 4.79 Å². The van der Waals surface area contributed by atoms with Gasteiger partial charge in [-0.2, -0.15) is 5.26 Å². The normalized spacial score (nSPS) is 16.7. The molecule has 2 aromatic heterocycles. The molecule has 1 amide bonds. The standard InChI is InChI=1S/C21H19N3O4S/c1-11-6-7-13-15(9-22)20(29-17(13)8-11)24-19(25)12(2)28-21(26)14-4-3-5-16-18(14)23-10-27-16/h3-5,10-12H,6-8H2,1-2H3,(H,24,25). The van der Waals surface area contributed by atoms with Crippen LogP contribution in [0.25, 0.3) is 11.1 Å². The molecule has 4 rings (SSSR count). The molecule has 0 radical (unpaired) electrons. The van der Waals surface area contributed by atoms with Crippen LogP contribution in [0.1, 0.15) is 46.6 Å². The summed E-state index contributed by atoms with van der Waals surface area (Å²) in [5.41, 5.74) is 2.64. The Kier molecular flexibility index (Phi) is 5.07. The first kappa shape index (κ1) is 19.2. The summed E-state index contributed by atoms with van der Waals surface area (Å²) in [6.45, 7) is 3.68. The Morgan fingerprint density at radius 2 is 2.28 bits per heavy atom. The number of ether oxygens (including phenoxy) is 1. The zero-order valence-electron chi connectivity index (χ0n) is 16.0. The third-order valence-corrected chi connectivity index (χ3v) is 6.26. The van der Waals surface area contributed by atoms with E-state index in [0.717, 1.165) is 29.7 Å². The van der Waals surface area contributed by atoms with Crippen molar-refractivity contribution in [1.82, 2.24) is 4.98 Å². The fourth-order valence-electron chi connectivity index (χ4n) is 3.50. The fourth-order valence-corrected chi connectivity index (χ4v) is 4.86. The van der Waals surface area contributed by atoms with Gasteiger partial charge in [-0.1, -0.05) is 13.0 Å². The van der Waals surface area contributed by atoms with Gasteiger partial charge in [0.25, 0.3) is 5.91 Å². The minimum Gasteiger partial charge on any atom is -0.449 e. The average Bonchev–Trinajstić information content (AvgIpc) is 3.30. The van der Waals surface area contributed by atoms with Crippen LogP contribution in [0.5, 0.6) is 0 Å². The van der Waals surface area contributed by atoms with E-state index in [9.17, 15) is 14.9 Å². The number of amides is 1. The van der Waals surface area contributed by atoms with Crippen molar-refractivity contribution in [1.29, 1.82) is 5.26 Å². The number of esters is 1. The lowest BCUT2D eigenvalue weighted by Gasteiger charge is -2.17. The van der Waals surface area contributed by atoms with Gasteiger partial charge in [-0.05, 0) is 49.8 Å². The summed E-state index contributed by atoms with van der Waals surface area (Å²) in [5, 5.41) is 12.9. The van der Waals surface area contributed by atoms with Gasteiger partial charge in [0.05, 0.1) is 11.1 Å². The zero-order valence-corrected chi connectivity index (χ0v) is 16.8.